The molecule has 0 saturated carbocycles. The number of amides is 1. The Hall–Kier alpha value is -3.20. The van der Waals surface area contributed by atoms with Crippen LogP contribution in [-0.2, 0) is 31.3 Å². The van der Waals surface area contributed by atoms with Gasteiger partial charge in [-0.1, -0.05) is 50.2 Å². The van der Waals surface area contributed by atoms with Gasteiger partial charge in [0.1, 0.15) is 30.4 Å². The van der Waals surface area contributed by atoms with E-state index in [1.54, 1.807) is 14.2 Å². The maximum absolute atomic E-state index is 12.7. The number of carbonyl (C=O) groups is 2. The molecule has 2 rings (SSSR count). The summed E-state index contributed by atoms with van der Waals surface area (Å²) in [5, 5.41) is 6.52. The number of nitrogens with one attached hydrogen (secondary N) is 1. The minimum atomic E-state index is -0.881. The van der Waals surface area contributed by atoms with Crippen molar-refractivity contribution in [2.45, 2.75) is 39.0 Å². The van der Waals surface area contributed by atoms with Gasteiger partial charge < -0.3 is 24.4 Å². The van der Waals surface area contributed by atoms with Gasteiger partial charge >= 0.3 is 5.97 Å². The van der Waals surface area contributed by atoms with E-state index < -0.39 is 17.9 Å². The first-order valence-electron chi connectivity index (χ1n) is 11.7. The second-order valence-electron chi connectivity index (χ2n) is 8.28. The first kappa shape index (κ1) is 29.0. The van der Waals surface area contributed by atoms with Gasteiger partial charge in [0.15, 0.2) is 0 Å². The molecule has 0 unspecified atom stereocenters. The van der Waals surface area contributed by atoms with E-state index in [1.807, 2.05) is 62.0 Å². The second-order valence-corrected chi connectivity index (χ2v) is 9.55. The normalized spacial score (nSPS) is 12.2. The van der Waals surface area contributed by atoms with Crippen molar-refractivity contribution in [2.24, 2.45) is 11.1 Å². The minimum absolute atomic E-state index is 0.181. The lowest BCUT2D eigenvalue weighted by molar-refractivity contribution is -0.144. The summed E-state index contributed by atoms with van der Waals surface area (Å²) in [5.41, 5.74) is 3.94. The fourth-order valence-electron chi connectivity index (χ4n) is 3.67. The molecule has 2 aromatic rings. The molecular weight excluding hydrogens is 480 g/mol. The topological polar surface area (TPSA) is 95.5 Å². The van der Waals surface area contributed by atoms with E-state index in [0.29, 0.717) is 0 Å². The van der Waals surface area contributed by atoms with Crippen LogP contribution >= 0.6 is 11.8 Å². The molecule has 0 spiro atoms. The van der Waals surface area contributed by atoms with Crippen molar-refractivity contribution in [1.82, 2.24) is 5.32 Å². The maximum Gasteiger partial charge on any atom is 0.328 e. The smallest absolute Gasteiger partial charge is 0.328 e. The minimum Gasteiger partial charge on any atom is -0.496 e. The first-order valence-corrected chi connectivity index (χ1v) is 12.9. The lowest BCUT2D eigenvalue weighted by atomic mass is 9.98. The van der Waals surface area contributed by atoms with Crippen molar-refractivity contribution in [2.75, 3.05) is 34.2 Å². The number of benzene rings is 2. The van der Waals surface area contributed by atoms with E-state index in [1.165, 1.54) is 14.2 Å². The molecule has 2 aromatic carbocycles. The predicted octanol–water partition coefficient (Wildman–Crippen LogP) is 4.48. The predicted molar refractivity (Wildman–Crippen MR) is 144 cm³/mol. The van der Waals surface area contributed by atoms with Gasteiger partial charge in [-0.3, -0.25) is 4.79 Å². The molecule has 0 saturated heterocycles. The van der Waals surface area contributed by atoms with Crippen molar-refractivity contribution in [3.05, 3.63) is 47.5 Å². The Morgan fingerprint density at radius 1 is 0.972 bits per heavy atom. The number of oxime groups is 1. The van der Waals surface area contributed by atoms with Crippen LogP contribution in [0.4, 0.5) is 0 Å². The van der Waals surface area contributed by atoms with Crippen LogP contribution in [0, 0.1) is 5.92 Å². The van der Waals surface area contributed by atoms with Gasteiger partial charge in [-0.15, -0.1) is 0 Å². The molecule has 8 nitrogen and oxygen atoms in total. The quantitative estimate of drug-likeness (QED) is 0.238. The fraction of sp³-hybridized carbons (Fsp3) is 0.444. The Labute approximate surface area is 217 Å². The number of thioether (sulfide) groups is 1. The number of hydrogen-bond donors (Lipinski definition) is 1. The number of nitrogens with zero attached hydrogens (tertiary/aromatic N) is 1. The molecule has 0 radical (unpaired) electrons. The number of rotatable bonds is 13. The van der Waals surface area contributed by atoms with Crippen LogP contribution in [0.25, 0.3) is 11.1 Å². The summed E-state index contributed by atoms with van der Waals surface area (Å²) in [4.78, 5) is 29.9. The third kappa shape index (κ3) is 7.65. The Kier molecular flexibility index (Phi) is 11.6. The average molecular weight is 517 g/mol. The van der Waals surface area contributed by atoms with Gasteiger partial charge in [0.05, 0.1) is 26.9 Å². The van der Waals surface area contributed by atoms with E-state index in [-0.39, 0.29) is 18.1 Å². The molecule has 0 aliphatic heterocycles. The van der Waals surface area contributed by atoms with Gasteiger partial charge in [-0.25, -0.2) is 4.79 Å². The molecule has 0 aliphatic rings. The first-order chi connectivity index (χ1) is 17.3. The van der Waals surface area contributed by atoms with Crippen LogP contribution in [0.2, 0.25) is 0 Å². The lowest BCUT2D eigenvalue weighted by Crippen LogP contribution is -2.46. The molecule has 1 atom stereocenters. The van der Waals surface area contributed by atoms with E-state index in [2.05, 4.69) is 17.4 Å². The number of carbonyl (C=O) groups excluding carboxylic acids is 2. The number of methoxy groups -OCH3 is 3. The van der Waals surface area contributed by atoms with Crippen molar-refractivity contribution >= 4 is 29.4 Å². The Morgan fingerprint density at radius 3 is 2.06 bits per heavy atom. The molecule has 36 heavy (non-hydrogen) atoms. The largest absolute Gasteiger partial charge is 0.496 e. The highest BCUT2D eigenvalue weighted by Crippen LogP contribution is 2.40. The molecule has 0 heterocycles. The number of hydrogen-bond acceptors (Lipinski definition) is 8. The highest BCUT2D eigenvalue weighted by molar-refractivity contribution is 7.98. The van der Waals surface area contributed by atoms with Gasteiger partial charge in [-0.2, -0.15) is 11.8 Å². The van der Waals surface area contributed by atoms with Gasteiger partial charge in [0.2, 0.25) is 0 Å². The fourth-order valence-corrected chi connectivity index (χ4v) is 4.28. The summed E-state index contributed by atoms with van der Waals surface area (Å²) in [6.45, 7) is 5.77. The molecule has 0 aliphatic carbocycles. The molecule has 0 aromatic heterocycles. The molecular formula is C27H36N2O6S. The Morgan fingerprint density at radius 2 is 1.58 bits per heavy atom. The highest BCUT2D eigenvalue weighted by atomic mass is 32.2. The Bertz CT molecular complexity index is 1030. The molecule has 1 amide bonds. The monoisotopic (exact) mass is 516 g/mol. The van der Waals surface area contributed by atoms with Crippen LogP contribution in [0.5, 0.6) is 11.5 Å². The SMILES string of the molecule is CCSCc1cc(OC)c(-c2ccc(C[C@H](NC(=O)C(=NOC)C(C)C)C(=O)OC)cc2)c(OC)c1. The second kappa shape index (κ2) is 14.4. The van der Waals surface area contributed by atoms with Crippen LogP contribution in [0.1, 0.15) is 31.9 Å². The van der Waals surface area contributed by atoms with Crippen molar-refractivity contribution in [3.63, 3.8) is 0 Å². The zero-order valence-corrected chi connectivity index (χ0v) is 22.9. The van der Waals surface area contributed by atoms with Crippen LogP contribution in [-0.4, -0.2) is 57.8 Å². The van der Waals surface area contributed by atoms with E-state index in [9.17, 15) is 9.59 Å². The number of ether oxygens (including phenoxy) is 3. The molecule has 196 valence electrons. The summed E-state index contributed by atoms with van der Waals surface area (Å²) in [7, 11) is 5.95. The van der Waals surface area contributed by atoms with E-state index in [0.717, 1.165) is 45.3 Å². The molecule has 0 bridgehead atoms. The average Bonchev–Trinajstić information content (AvgIpc) is 2.89. The number of esters is 1. The highest BCUT2D eigenvalue weighted by Gasteiger charge is 2.26. The van der Waals surface area contributed by atoms with Crippen LogP contribution in [0.3, 0.4) is 0 Å². The summed E-state index contributed by atoms with van der Waals surface area (Å²) in [6.07, 6.45) is 0.249. The zero-order valence-electron chi connectivity index (χ0n) is 22.0. The van der Waals surface area contributed by atoms with Crippen molar-refractivity contribution < 1.29 is 28.6 Å². The lowest BCUT2D eigenvalue weighted by Gasteiger charge is -2.19. The molecule has 9 heteroatoms. The summed E-state index contributed by atoms with van der Waals surface area (Å²) < 4.78 is 16.3. The van der Waals surface area contributed by atoms with Gasteiger partial charge in [0, 0.05) is 18.1 Å². The summed E-state index contributed by atoms with van der Waals surface area (Å²) in [6, 6.07) is 10.9. The van der Waals surface area contributed by atoms with E-state index in [4.69, 9.17) is 19.0 Å². The zero-order chi connectivity index (χ0) is 26.7. The third-order valence-electron chi connectivity index (χ3n) is 5.48. The van der Waals surface area contributed by atoms with Crippen LogP contribution < -0.4 is 14.8 Å². The Balaban J connectivity index is 2.31. The molecule has 1 N–H and O–H groups in total. The molecule has 0 fully saturated rings. The van der Waals surface area contributed by atoms with Crippen molar-refractivity contribution in [1.29, 1.82) is 0 Å². The van der Waals surface area contributed by atoms with Gasteiger partial charge in [-0.05, 0) is 34.6 Å². The summed E-state index contributed by atoms with van der Waals surface area (Å²) >= 11 is 1.83. The standard InChI is InChI=1S/C27H36N2O6S/c1-8-36-16-19-14-22(32-4)24(23(15-19)33-5)20-11-9-18(10-12-20)13-21(27(31)34-6)28-26(30)25(17(2)3)29-35-7/h9-12,14-15,17,21H,8,13,16H2,1-7H3,(H,28,30)/t21-/m0/s1. The van der Waals surface area contributed by atoms with Crippen molar-refractivity contribution in [3.8, 4) is 22.6 Å². The maximum atomic E-state index is 12.7. The van der Waals surface area contributed by atoms with E-state index >= 15 is 0 Å². The third-order valence-corrected chi connectivity index (χ3v) is 6.43. The van der Waals surface area contributed by atoms with Gasteiger partial charge in [0.25, 0.3) is 5.91 Å². The van der Waals surface area contributed by atoms with Crippen LogP contribution in [0.15, 0.2) is 41.6 Å². The summed E-state index contributed by atoms with van der Waals surface area (Å²) in [5.74, 6) is 2.15.